The van der Waals surface area contributed by atoms with Crippen LogP contribution >= 0.6 is 0 Å². The highest BCUT2D eigenvalue weighted by atomic mass is 19.1. The van der Waals surface area contributed by atoms with Crippen molar-refractivity contribution in [3.05, 3.63) is 65.9 Å². The first kappa shape index (κ1) is 12.7. The number of halogens is 2. The van der Waals surface area contributed by atoms with Crippen LogP contribution < -0.4 is 4.74 Å². The van der Waals surface area contributed by atoms with Crippen molar-refractivity contribution in [3.63, 3.8) is 0 Å². The average Bonchev–Trinajstić information content (AvgIpc) is 2.74. The Morgan fingerprint density at radius 2 is 1.70 bits per heavy atom. The minimum atomic E-state index is -0.301. The SMILES string of the molecule is Cn1cc(COc2ccc(F)cc2)c2cc(F)ccc21. The van der Waals surface area contributed by atoms with Crippen LogP contribution in [0.5, 0.6) is 5.75 Å². The number of rotatable bonds is 3. The van der Waals surface area contributed by atoms with Gasteiger partial charge in [-0.05, 0) is 42.5 Å². The molecule has 0 aliphatic carbocycles. The lowest BCUT2D eigenvalue weighted by atomic mass is 10.2. The van der Waals surface area contributed by atoms with E-state index < -0.39 is 0 Å². The first-order valence-electron chi connectivity index (χ1n) is 6.25. The van der Waals surface area contributed by atoms with Gasteiger partial charge in [-0.1, -0.05) is 0 Å². The quantitative estimate of drug-likeness (QED) is 0.702. The van der Waals surface area contributed by atoms with Crippen molar-refractivity contribution in [2.24, 2.45) is 7.05 Å². The molecule has 0 saturated carbocycles. The number of hydrogen-bond acceptors (Lipinski definition) is 1. The molecule has 0 aliphatic heterocycles. The van der Waals surface area contributed by atoms with Gasteiger partial charge < -0.3 is 9.30 Å². The molecule has 0 bridgehead atoms. The lowest BCUT2D eigenvalue weighted by molar-refractivity contribution is 0.307. The van der Waals surface area contributed by atoms with E-state index in [0.29, 0.717) is 12.4 Å². The zero-order chi connectivity index (χ0) is 14.1. The van der Waals surface area contributed by atoms with Gasteiger partial charge in [0.2, 0.25) is 0 Å². The summed E-state index contributed by atoms with van der Waals surface area (Å²) in [4.78, 5) is 0. The van der Waals surface area contributed by atoms with E-state index in [2.05, 4.69) is 0 Å². The lowest BCUT2D eigenvalue weighted by Gasteiger charge is -2.05. The molecule has 0 spiro atoms. The molecule has 0 radical (unpaired) electrons. The summed E-state index contributed by atoms with van der Waals surface area (Å²) in [5.74, 6) is 0.0103. The van der Waals surface area contributed by atoms with Gasteiger partial charge in [-0.15, -0.1) is 0 Å². The number of nitrogens with zero attached hydrogens (tertiary/aromatic N) is 1. The van der Waals surface area contributed by atoms with Crippen molar-refractivity contribution >= 4 is 10.9 Å². The molecule has 0 aliphatic rings. The summed E-state index contributed by atoms with van der Waals surface area (Å²) in [6.07, 6.45) is 1.91. The maximum absolute atomic E-state index is 13.3. The van der Waals surface area contributed by atoms with E-state index in [4.69, 9.17) is 4.74 Å². The number of ether oxygens (including phenoxy) is 1. The van der Waals surface area contributed by atoms with Crippen LogP contribution in [0.25, 0.3) is 10.9 Å². The zero-order valence-electron chi connectivity index (χ0n) is 10.9. The Bertz CT molecular complexity index is 747. The van der Waals surface area contributed by atoms with Gasteiger partial charge in [0.05, 0.1) is 0 Å². The highest BCUT2D eigenvalue weighted by Gasteiger charge is 2.08. The van der Waals surface area contributed by atoms with E-state index in [-0.39, 0.29) is 11.6 Å². The number of hydrogen-bond donors (Lipinski definition) is 0. The second kappa shape index (κ2) is 4.96. The summed E-state index contributed by atoms with van der Waals surface area (Å²) in [7, 11) is 1.90. The van der Waals surface area contributed by atoms with E-state index in [0.717, 1.165) is 16.5 Å². The van der Waals surface area contributed by atoms with Crippen LogP contribution in [-0.2, 0) is 13.7 Å². The number of fused-ring (bicyclic) bond motifs is 1. The van der Waals surface area contributed by atoms with E-state index >= 15 is 0 Å². The molecule has 102 valence electrons. The van der Waals surface area contributed by atoms with Crippen molar-refractivity contribution in [2.45, 2.75) is 6.61 Å². The molecule has 0 unspecified atom stereocenters. The van der Waals surface area contributed by atoms with Crippen LogP contribution in [0.2, 0.25) is 0 Å². The molecule has 0 atom stereocenters. The van der Waals surface area contributed by atoms with E-state index in [1.54, 1.807) is 18.2 Å². The maximum Gasteiger partial charge on any atom is 0.123 e. The van der Waals surface area contributed by atoms with Crippen molar-refractivity contribution in [1.29, 1.82) is 0 Å². The Morgan fingerprint density at radius 1 is 1.00 bits per heavy atom. The fourth-order valence-corrected chi connectivity index (χ4v) is 2.25. The predicted molar refractivity (Wildman–Crippen MR) is 73.6 cm³/mol. The molecule has 3 aromatic rings. The van der Waals surface area contributed by atoms with Gasteiger partial charge in [0.15, 0.2) is 0 Å². The molecule has 1 aromatic heterocycles. The standard InChI is InChI=1S/C16H13F2NO/c1-19-9-11(15-8-13(18)4-7-16(15)19)10-20-14-5-2-12(17)3-6-14/h2-9H,10H2,1H3. The topological polar surface area (TPSA) is 14.2 Å². The molecule has 2 aromatic carbocycles. The normalized spacial score (nSPS) is 10.9. The van der Waals surface area contributed by atoms with Crippen LogP contribution in [0.15, 0.2) is 48.7 Å². The zero-order valence-corrected chi connectivity index (χ0v) is 10.9. The van der Waals surface area contributed by atoms with Gasteiger partial charge in [0.1, 0.15) is 24.0 Å². The van der Waals surface area contributed by atoms with Gasteiger partial charge in [-0.25, -0.2) is 8.78 Å². The Labute approximate surface area is 115 Å². The summed E-state index contributed by atoms with van der Waals surface area (Å²) >= 11 is 0. The minimum absolute atomic E-state index is 0.272. The average molecular weight is 273 g/mol. The third-order valence-corrected chi connectivity index (χ3v) is 3.24. The molecule has 0 fully saturated rings. The monoisotopic (exact) mass is 273 g/mol. The van der Waals surface area contributed by atoms with Gasteiger partial charge in [-0.2, -0.15) is 0 Å². The van der Waals surface area contributed by atoms with Crippen molar-refractivity contribution < 1.29 is 13.5 Å². The molecule has 3 rings (SSSR count). The highest BCUT2D eigenvalue weighted by Crippen LogP contribution is 2.23. The molecule has 4 heteroatoms. The third-order valence-electron chi connectivity index (χ3n) is 3.24. The van der Waals surface area contributed by atoms with E-state index in [1.165, 1.54) is 24.3 Å². The van der Waals surface area contributed by atoms with Crippen LogP contribution in [0, 0.1) is 11.6 Å². The first-order valence-corrected chi connectivity index (χ1v) is 6.25. The van der Waals surface area contributed by atoms with Gasteiger partial charge in [0, 0.05) is 29.7 Å². The minimum Gasteiger partial charge on any atom is -0.489 e. The summed E-state index contributed by atoms with van der Waals surface area (Å²) in [5.41, 5.74) is 1.84. The molecule has 2 nitrogen and oxygen atoms in total. The number of benzene rings is 2. The smallest absolute Gasteiger partial charge is 0.123 e. The largest absolute Gasteiger partial charge is 0.489 e. The van der Waals surface area contributed by atoms with Crippen molar-refractivity contribution in [1.82, 2.24) is 4.57 Å². The van der Waals surface area contributed by atoms with Crippen molar-refractivity contribution in [3.8, 4) is 5.75 Å². The molecular formula is C16H13F2NO. The highest BCUT2D eigenvalue weighted by molar-refractivity contribution is 5.83. The van der Waals surface area contributed by atoms with Gasteiger partial charge in [0.25, 0.3) is 0 Å². The second-order valence-corrected chi connectivity index (χ2v) is 4.67. The molecule has 20 heavy (non-hydrogen) atoms. The molecule has 0 saturated heterocycles. The Morgan fingerprint density at radius 3 is 2.45 bits per heavy atom. The van der Waals surface area contributed by atoms with Crippen LogP contribution in [0.3, 0.4) is 0 Å². The molecule has 1 heterocycles. The third kappa shape index (κ3) is 2.37. The summed E-state index contributed by atoms with van der Waals surface area (Å²) in [6, 6.07) is 10.5. The Hall–Kier alpha value is -2.36. The molecular weight excluding hydrogens is 260 g/mol. The first-order chi connectivity index (χ1) is 9.63. The van der Waals surface area contributed by atoms with Crippen LogP contribution in [-0.4, -0.2) is 4.57 Å². The van der Waals surface area contributed by atoms with Crippen molar-refractivity contribution in [2.75, 3.05) is 0 Å². The van der Waals surface area contributed by atoms with Crippen LogP contribution in [0.4, 0.5) is 8.78 Å². The Balaban J connectivity index is 1.87. The fraction of sp³-hybridized carbons (Fsp3) is 0.125. The van der Waals surface area contributed by atoms with E-state index in [1.807, 2.05) is 17.8 Å². The number of aromatic nitrogens is 1. The Kier molecular flexibility index (Phi) is 3.14. The van der Waals surface area contributed by atoms with Gasteiger partial charge in [-0.3, -0.25) is 0 Å². The predicted octanol–water partition coefficient (Wildman–Crippen LogP) is 4.04. The maximum atomic E-state index is 13.3. The molecule has 0 amide bonds. The number of aryl methyl sites for hydroxylation is 1. The van der Waals surface area contributed by atoms with E-state index in [9.17, 15) is 8.78 Å². The molecule has 0 N–H and O–H groups in total. The van der Waals surface area contributed by atoms with Crippen LogP contribution in [0.1, 0.15) is 5.56 Å². The second-order valence-electron chi connectivity index (χ2n) is 4.67. The fourth-order valence-electron chi connectivity index (χ4n) is 2.25. The van der Waals surface area contributed by atoms with Gasteiger partial charge >= 0.3 is 0 Å². The summed E-state index contributed by atoms with van der Waals surface area (Å²) in [5, 5.41) is 0.828. The lowest BCUT2D eigenvalue weighted by Crippen LogP contribution is -1.94. The summed E-state index contributed by atoms with van der Waals surface area (Å²) in [6.45, 7) is 0.312. The summed E-state index contributed by atoms with van der Waals surface area (Å²) < 4.78 is 33.7.